The van der Waals surface area contributed by atoms with Crippen LogP contribution >= 0.6 is 0 Å². The topological polar surface area (TPSA) is 112 Å². The van der Waals surface area contributed by atoms with Crippen LogP contribution in [0.1, 0.15) is 59.3 Å². The minimum absolute atomic E-state index is 0.0327. The van der Waals surface area contributed by atoms with Gasteiger partial charge in [-0.2, -0.15) is 4.98 Å². The number of carbonyl (C=O) groups excluding carboxylic acids is 1. The quantitative estimate of drug-likeness (QED) is 0.253. The Hall–Kier alpha value is -2.67. The molecule has 0 aliphatic carbocycles. The Labute approximate surface area is 178 Å². The summed E-state index contributed by atoms with van der Waals surface area (Å²) in [5, 5.41) is 6.50. The molecular formula is C21H34N6O3. The maximum atomic E-state index is 12.1. The zero-order valence-corrected chi connectivity index (χ0v) is 18.3. The fourth-order valence-electron chi connectivity index (χ4n) is 3.30. The number of amides is 1. The van der Waals surface area contributed by atoms with Crippen LogP contribution in [0.5, 0.6) is 5.88 Å². The molecule has 0 saturated carbocycles. The summed E-state index contributed by atoms with van der Waals surface area (Å²) < 4.78 is 11.2. The average molecular weight is 419 g/mol. The molecule has 1 saturated heterocycles. The molecule has 1 aliphatic rings. The highest BCUT2D eigenvalue weighted by Crippen LogP contribution is 2.21. The Bertz CT molecular complexity index is 715. The first kappa shape index (κ1) is 23.6. The van der Waals surface area contributed by atoms with Crippen LogP contribution in [-0.2, 0) is 4.74 Å². The van der Waals surface area contributed by atoms with Crippen molar-refractivity contribution in [1.82, 2.24) is 10.3 Å². The zero-order valence-electron chi connectivity index (χ0n) is 18.3. The first-order chi connectivity index (χ1) is 14.4. The van der Waals surface area contributed by atoms with Gasteiger partial charge in [-0.05, 0) is 58.1 Å². The second-order valence-corrected chi connectivity index (χ2v) is 8.48. The fourth-order valence-corrected chi connectivity index (χ4v) is 3.30. The number of rotatable bonds is 10. The van der Waals surface area contributed by atoms with Crippen molar-refractivity contribution in [2.45, 2.75) is 70.9 Å². The summed E-state index contributed by atoms with van der Waals surface area (Å²) in [6, 6.07) is 5.82. The van der Waals surface area contributed by atoms with Crippen LogP contribution in [0.25, 0.3) is 10.4 Å². The molecule has 1 atom stereocenters. The van der Waals surface area contributed by atoms with Crippen LogP contribution in [0.4, 0.5) is 10.6 Å². The first-order valence-corrected chi connectivity index (χ1v) is 10.7. The van der Waals surface area contributed by atoms with Gasteiger partial charge in [0.1, 0.15) is 11.4 Å². The largest absolute Gasteiger partial charge is 0.478 e. The number of carbonyl (C=O) groups is 1. The van der Waals surface area contributed by atoms with Crippen LogP contribution in [0.3, 0.4) is 0 Å². The van der Waals surface area contributed by atoms with E-state index in [2.05, 4.69) is 25.2 Å². The van der Waals surface area contributed by atoms with Crippen molar-refractivity contribution in [1.29, 1.82) is 0 Å². The number of piperidine rings is 1. The maximum Gasteiger partial charge on any atom is 0.407 e. The van der Waals surface area contributed by atoms with Crippen molar-refractivity contribution in [3.63, 3.8) is 0 Å². The Morgan fingerprint density at radius 3 is 2.90 bits per heavy atom. The van der Waals surface area contributed by atoms with Gasteiger partial charge in [-0.15, -0.1) is 0 Å². The smallest absolute Gasteiger partial charge is 0.407 e. The normalized spacial score (nSPS) is 16.5. The Kier molecular flexibility index (Phi) is 9.54. The number of aromatic nitrogens is 1. The molecule has 30 heavy (non-hydrogen) atoms. The minimum atomic E-state index is -0.504. The van der Waals surface area contributed by atoms with Crippen molar-refractivity contribution >= 4 is 11.9 Å². The van der Waals surface area contributed by atoms with E-state index in [1.165, 1.54) is 0 Å². The van der Waals surface area contributed by atoms with Gasteiger partial charge >= 0.3 is 6.09 Å². The number of nitrogens with one attached hydrogen (secondary N) is 1. The van der Waals surface area contributed by atoms with E-state index in [-0.39, 0.29) is 12.1 Å². The van der Waals surface area contributed by atoms with Crippen LogP contribution in [-0.4, -0.2) is 49.0 Å². The number of pyridine rings is 1. The van der Waals surface area contributed by atoms with Gasteiger partial charge in [0, 0.05) is 36.7 Å². The molecule has 2 heterocycles. The van der Waals surface area contributed by atoms with Crippen LogP contribution < -0.4 is 15.0 Å². The number of azide groups is 1. The highest BCUT2D eigenvalue weighted by atomic mass is 16.6. The van der Waals surface area contributed by atoms with Gasteiger partial charge in [0.25, 0.3) is 0 Å². The second-order valence-electron chi connectivity index (χ2n) is 8.48. The lowest BCUT2D eigenvalue weighted by Gasteiger charge is -2.34. The molecule has 1 N–H and O–H groups in total. The highest BCUT2D eigenvalue weighted by molar-refractivity contribution is 5.68. The summed E-state index contributed by atoms with van der Waals surface area (Å²) in [5.74, 6) is 1.47. The van der Waals surface area contributed by atoms with E-state index in [0.29, 0.717) is 25.6 Å². The molecular weight excluding hydrogens is 384 g/mol. The molecule has 1 amide bonds. The van der Waals surface area contributed by atoms with Crippen molar-refractivity contribution in [2.75, 3.05) is 31.1 Å². The molecule has 166 valence electrons. The van der Waals surface area contributed by atoms with E-state index in [0.717, 1.165) is 50.9 Å². The SMILES string of the molecule is CC(C)(C)OC(=O)N[C@@H]1CCCN(c2cccc(OCCCCCCN=[N+]=[N-])n2)C1. The Morgan fingerprint density at radius 2 is 2.13 bits per heavy atom. The number of anilines is 1. The summed E-state index contributed by atoms with van der Waals surface area (Å²) in [5.41, 5.74) is 7.74. The molecule has 0 unspecified atom stereocenters. The third-order valence-electron chi connectivity index (χ3n) is 4.64. The molecule has 2 rings (SSSR count). The molecule has 0 radical (unpaired) electrons. The van der Waals surface area contributed by atoms with E-state index in [9.17, 15) is 4.79 Å². The number of ether oxygens (including phenoxy) is 2. The molecule has 1 aromatic heterocycles. The number of alkyl carbamates (subject to hydrolysis) is 1. The van der Waals surface area contributed by atoms with E-state index < -0.39 is 5.60 Å². The lowest BCUT2D eigenvalue weighted by atomic mass is 10.1. The summed E-state index contributed by atoms with van der Waals surface area (Å²) in [6.07, 6.45) is 5.42. The summed E-state index contributed by atoms with van der Waals surface area (Å²) >= 11 is 0. The number of hydrogen-bond acceptors (Lipinski definition) is 6. The van der Waals surface area contributed by atoms with Crippen molar-refractivity contribution in [3.8, 4) is 5.88 Å². The van der Waals surface area contributed by atoms with Gasteiger partial charge in [-0.1, -0.05) is 24.0 Å². The van der Waals surface area contributed by atoms with Gasteiger partial charge in [-0.3, -0.25) is 0 Å². The van der Waals surface area contributed by atoms with E-state index in [1.54, 1.807) is 0 Å². The third kappa shape index (κ3) is 9.22. The van der Waals surface area contributed by atoms with Crippen molar-refractivity contribution in [2.24, 2.45) is 5.11 Å². The van der Waals surface area contributed by atoms with Crippen LogP contribution in [0.2, 0.25) is 0 Å². The van der Waals surface area contributed by atoms with Crippen LogP contribution in [0.15, 0.2) is 23.3 Å². The average Bonchev–Trinajstić information content (AvgIpc) is 2.69. The predicted molar refractivity (Wildman–Crippen MR) is 117 cm³/mol. The van der Waals surface area contributed by atoms with Gasteiger partial charge in [0.05, 0.1) is 6.61 Å². The predicted octanol–water partition coefficient (Wildman–Crippen LogP) is 4.82. The van der Waals surface area contributed by atoms with E-state index in [4.69, 9.17) is 15.0 Å². The number of nitrogens with zero attached hydrogens (tertiary/aromatic N) is 5. The summed E-state index contributed by atoms with van der Waals surface area (Å²) in [6.45, 7) is 8.34. The van der Waals surface area contributed by atoms with Crippen LogP contribution in [0, 0.1) is 0 Å². The molecule has 1 fully saturated rings. The molecule has 1 aromatic rings. The molecule has 1 aliphatic heterocycles. The molecule has 0 bridgehead atoms. The standard InChI is InChI=1S/C21H34N6O3/c1-21(2,3)30-20(28)24-17-10-9-14-27(16-17)18-11-8-12-19(25-18)29-15-7-5-4-6-13-23-26-22/h8,11-12,17H,4-7,9-10,13-16H2,1-3H3,(H,24,28)/t17-/m1/s1. The number of unbranched alkanes of at least 4 members (excludes halogenated alkanes) is 3. The van der Waals surface area contributed by atoms with Gasteiger partial charge in [0.2, 0.25) is 5.88 Å². The molecule has 9 nitrogen and oxygen atoms in total. The molecule has 0 spiro atoms. The Balaban J connectivity index is 1.77. The molecule has 0 aromatic carbocycles. The monoisotopic (exact) mass is 418 g/mol. The first-order valence-electron chi connectivity index (χ1n) is 10.7. The summed E-state index contributed by atoms with van der Waals surface area (Å²) in [4.78, 5) is 21.6. The van der Waals surface area contributed by atoms with Gasteiger partial charge in [-0.25, -0.2) is 4.79 Å². The second kappa shape index (κ2) is 12.1. The fraction of sp³-hybridized carbons (Fsp3) is 0.714. The van der Waals surface area contributed by atoms with Gasteiger partial charge in [0.15, 0.2) is 0 Å². The highest BCUT2D eigenvalue weighted by Gasteiger charge is 2.25. The van der Waals surface area contributed by atoms with Crippen molar-refractivity contribution in [3.05, 3.63) is 28.6 Å². The van der Waals surface area contributed by atoms with E-state index in [1.807, 2.05) is 39.0 Å². The van der Waals surface area contributed by atoms with Gasteiger partial charge < -0.3 is 19.7 Å². The lowest BCUT2D eigenvalue weighted by Crippen LogP contribution is -2.49. The zero-order chi connectivity index (χ0) is 21.8. The maximum absolute atomic E-state index is 12.1. The lowest BCUT2D eigenvalue weighted by molar-refractivity contribution is 0.0500. The third-order valence-corrected chi connectivity index (χ3v) is 4.64. The van der Waals surface area contributed by atoms with Crippen molar-refractivity contribution < 1.29 is 14.3 Å². The number of hydrogen-bond donors (Lipinski definition) is 1. The molecule has 9 heteroatoms. The van der Waals surface area contributed by atoms with E-state index >= 15 is 0 Å². The summed E-state index contributed by atoms with van der Waals surface area (Å²) in [7, 11) is 0. The Morgan fingerprint density at radius 1 is 1.33 bits per heavy atom. The minimum Gasteiger partial charge on any atom is -0.478 e.